The third-order valence-electron chi connectivity index (χ3n) is 6.26. The molecule has 0 saturated heterocycles. The molecule has 0 radical (unpaired) electrons. The van der Waals surface area contributed by atoms with Crippen molar-refractivity contribution in [1.82, 2.24) is 20.1 Å². The van der Waals surface area contributed by atoms with E-state index in [1.165, 1.54) is 5.57 Å². The molecular weight excluding hydrogens is 408 g/mol. The van der Waals surface area contributed by atoms with E-state index < -0.39 is 0 Å². The van der Waals surface area contributed by atoms with Gasteiger partial charge < -0.3 is 25.0 Å². The number of aromatic nitrogens is 1. The predicted octanol–water partition coefficient (Wildman–Crippen LogP) is 2.92. The number of urea groups is 1. The van der Waals surface area contributed by atoms with E-state index in [1.807, 2.05) is 26.8 Å². The molecular formula is C24H36N4O4. The highest BCUT2D eigenvalue weighted by Gasteiger charge is 2.34. The highest BCUT2D eigenvalue weighted by atomic mass is 16.5. The minimum Gasteiger partial charge on any atom is -0.472 e. The van der Waals surface area contributed by atoms with Gasteiger partial charge in [-0.15, -0.1) is 0 Å². The third-order valence-corrected chi connectivity index (χ3v) is 6.26. The lowest BCUT2D eigenvalue weighted by Crippen LogP contribution is -2.51. The van der Waals surface area contributed by atoms with E-state index >= 15 is 0 Å². The molecule has 0 aromatic carbocycles. The Hall–Kier alpha value is -2.61. The molecule has 32 heavy (non-hydrogen) atoms. The zero-order valence-electron chi connectivity index (χ0n) is 19.6. The first-order valence-electron chi connectivity index (χ1n) is 11.6. The minimum absolute atomic E-state index is 0.0680. The summed E-state index contributed by atoms with van der Waals surface area (Å²) in [5.41, 5.74) is 2.55. The fourth-order valence-electron chi connectivity index (χ4n) is 4.15. The number of amides is 3. The van der Waals surface area contributed by atoms with Gasteiger partial charge in [0.05, 0.1) is 19.2 Å². The molecule has 0 spiro atoms. The monoisotopic (exact) mass is 444 g/mol. The molecule has 3 amide bonds. The van der Waals surface area contributed by atoms with Crippen LogP contribution in [0.3, 0.4) is 0 Å². The number of pyridine rings is 1. The van der Waals surface area contributed by atoms with E-state index in [1.54, 1.807) is 23.0 Å². The van der Waals surface area contributed by atoms with Gasteiger partial charge in [0.1, 0.15) is 11.7 Å². The van der Waals surface area contributed by atoms with Crippen LogP contribution in [0.2, 0.25) is 0 Å². The lowest BCUT2D eigenvalue weighted by atomic mass is 9.99. The zero-order valence-corrected chi connectivity index (χ0v) is 19.6. The van der Waals surface area contributed by atoms with Gasteiger partial charge in [0.15, 0.2) is 0 Å². The highest BCUT2D eigenvalue weighted by molar-refractivity contribution is 5.97. The first kappa shape index (κ1) is 24.0. The van der Waals surface area contributed by atoms with E-state index in [4.69, 9.17) is 4.74 Å². The second-order valence-electron chi connectivity index (χ2n) is 8.93. The van der Waals surface area contributed by atoms with Gasteiger partial charge in [0.2, 0.25) is 5.88 Å². The van der Waals surface area contributed by atoms with Crippen LogP contribution in [0, 0.1) is 5.92 Å². The number of fused-ring (bicyclic) bond motifs is 1. The van der Waals surface area contributed by atoms with Gasteiger partial charge >= 0.3 is 6.03 Å². The van der Waals surface area contributed by atoms with Crippen LogP contribution in [-0.2, 0) is 0 Å². The summed E-state index contributed by atoms with van der Waals surface area (Å²) in [5, 5.41) is 12.7. The van der Waals surface area contributed by atoms with Gasteiger partial charge in [-0.2, -0.15) is 0 Å². The zero-order chi connectivity index (χ0) is 23.3. The molecule has 1 aliphatic heterocycles. The average molecular weight is 445 g/mol. The van der Waals surface area contributed by atoms with Crippen molar-refractivity contribution in [2.24, 2.45) is 5.92 Å². The normalized spacial score (nSPS) is 21.7. The van der Waals surface area contributed by atoms with Crippen LogP contribution in [0.4, 0.5) is 4.79 Å². The molecule has 3 atom stereocenters. The Labute approximate surface area is 190 Å². The molecule has 176 valence electrons. The van der Waals surface area contributed by atoms with Crippen molar-refractivity contribution in [3.63, 3.8) is 0 Å². The van der Waals surface area contributed by atoms with Crippen molar-refractivity contribution in [2.45, 2.75) is 58.6 Å². The van der Waals surface area contributed by atoms with Crippen LogP contribution < -0.4 is 10.1 Å². The smallest absolute Gasteiger partial charge is 0.317 e. The van der Waals surface area contributed by atoms with E-state index in [-0.39, 0.29) is 42.5 Å². The van der Waals surface area contributed by atoms with Gasteiger partial charge in [-0.25, -0.2) is 9.78 Å². The number of rotatable bonds is 7. The average Bonchev–Trinajstić information content (AvgIpc) is 3.33. The summed E-state index contributed by atoms with van der Waals surface area (Å²) in [5.74, 6) is 0.0294. The first-order chi connectivity index (χ1) is 15.3. The van der Waals surface area contributed by atoms with Crippen LogP contribution in [0.5, 0.6) is 5.88 Å². The number of likely N-dealkylation sites (N-methyl/N-ethyl adjacent to an activating group) is 1. The van der Waals surface area contributed by atoms with E-state index in [9.17, 15) is 14.7 Å². The fraction of sp³-hybridized carbons (Fsp3) is 0.625. The van der Waals surface area contributed by atoms with Crippen molar-refractivity contribution < 1.29 is 19.4 Å². The SMILES string of the molecule is CCCNC(=O)N(C)C[C@@H]1Oc2ncc(C3=CCCC3)cc2C(=O)N([C@@H](C)CO)C[C@@H]1C. The molecule has 0 saturated carbocycles. The number of carbonyl (C=O) groups excluding carboxylic acids is 2. The second kappa shape index (κ2) is 10.8. The number of nitrogens with zero attached hydrogens (tertiary/aromatic N) is 3. The fourth-order valence-corrected chi connectivity index (χ4v) is 4.15. The number of carbonyl (C=O) groups is 2. The molecule has 0 fully saturated rings. The maximum Gasteiger partial charge on any atom is 0.317 e. The van der Waals surface area contributed by atoms with Crippen LogP contribution >= 0.6 is 0 Å². The number of aliphatic hydroxyl groups is 1. The highest BCUT2D eigenvalue weighted by Crippen LogP contribution is 2.32. The third kappa shape index (κ3) is 5.41. The van der Waals surface area contributed by atoms with Gasteiger partial charge in [0.25, 0.3) is 5.91 Å². The Morgan fingerprint density at radius 3 is 2.91 bits per heavy atom. The summed E-state index contributed by atoms with van der Waals surface area (Å²) < 4.78 is 6.26. The second-order valence-corrected chi connectivity index (χ2v) is 8.93. The van der Waals surface area contributed by atoms with Crippen molar-refractivity contribution in [3.05, 3.63) is 29.5 Å². The standard InChI is InChI=1S/C24H36N4O4/c1-5-10-25-24(31)27(4)14-21-16(2)13-28(17(3)15-29)23(30)20-11-19(12-26-22(20)32-21)18-8-6-7-9-18/h8,11-12,16-17,21,29H,5-7,9-10,13-15H2,1-4H3,(H,25,31)/t16-,17-,21-/m0/s1. The Kier molecular flexibility index (Phi) is 8.12. The number of hydrogen-bond acceptors (Lipinski definition) is 5. The maximum atomic E-state index is 13.5. The largest absolute Gasteiger partial charge is 0.472 e. The van der Waals surface area contributed by atoms with Crippen molar-refractivity contribution in [2.75, 3.05) is 33.3 Å². The van der Waals surface area contributed by atoms with Crippen LogP contribution in [-0.4, -0.2) is 77.3 Å². The Bertz CT molecular complexity index is 856. The predicted molar refractivity (Wildman–Crippen MR) is 124 cm³/mol. The van der Waals surface area contributed by atoms with Gasteiger partial charge in [-0.05, 0) is 49.8 Å². The summed E-state index contributed by atoms with van der Waals surface area (Å²) in [6.07, 6.45) is 7.60. The molecule has 2 aliphatic rings. The van der Waals surface area contributed by atoms with Gasteiger partial charge in [0, 0.05) is 32.3 Å². The molecule has 3 rings (SSSR count). The molecule has 8 heteroatoms. The van der Waals surface area contributed by atoms with Crippen molar-refractivity contribution in [1.29, 1.82) is 0 Å². The van der Waals surface area contributed by atoms with Crippen molar-refractivity contribution >= 4 is 17.5 Å². The molecule has 0 unspecified atom stereocenters. The van der Waals surface area contributed by atoms with E-state index in [0.717, 1.165) is 31.2 Å². The lowest BCUT2D eigenvalue weighted by molar-refractivity contribution is 0.0352. The molecule has 1 aliphatic carbocycles. The molecule has 2 heterocycles. The van der Waals surface area contributed by atoms with Crippen LogP contribution in [0.15, 0.2) is 18.3 Å². The van der Waals surface area contributed by atoms with Crippen LogP contribution in [0.1, 0.15) is 62.4 Å². The topological polar surface area (TPSA) is 95.0 Å². The summed E-state index contributed by atoms with van der Waals surface area (Å²) >= 11 is 0. The molecule has 1 aromatic rings. The first-order valence-corrected chi connectivity index (χ1v) is 11.6. The van der Waals surface area contributed by atoms with Gasteiger partial charge in [-0.3, -0.25) is 4.79 Å². The number of allylic oxidation sites excluding steroid dienone is 2. The van der Waals surface area contributed by atoms with Crippen molar-refractivity contribution in [3.8, 4) is 5.88 Å². The number of ether oxygens (including phenoxy) is 1. The quantitative estimate of drug-likeness (QED) is 0.674. The summed E-state index contributed by atoms with van der Waals surface area (Å²) in [6.45, 7) is 7.10. The number of hydrogen-bond donors (Lipinski definition) is 2. The Morgan fingerprint density at radius 2 is 2.25 bits per heavy atom. The lowest BCUT2D eigenvalue weighted by Gasteiger charge is -2.37. The summed E-state index contributed by atoms with van der Waals surface area (Å²) in [6, 6.07) is 1.37. The summed E-state index contributed by atoms with van der Waals surface area (Å²) in [4.78, 5) is 33.7. The van der Waals surface area contributed by atoms with E-state index in [2.05, 4.69) is 16.4 Å². The van der Waals surface area contributed by atoms with E-state index in [0.29, 0.717) is 25.2 Å². The molecule has 0 bridgehead atoms. The maximum absolute atomic E-state index is 13.5. The van der Waals surface area contributed by atoms with Gasteiger partial charge in [-0.1, -0.05) is 19.9 Å². The summed E-state index contributed by atoms with van der Waals surface area (Å²) in [7, 11) is 1.74. The Balaban J connectivity index is 1.92. The minimum atomic E-state index is -0.350. The Morgan fingerprint density at radius 1 is 1.47 bits per heavy atom. The van der Waals surface area contributed by atoms with Crippen LogP contribution in [0.25, 0.3) is 5.57 Å². The molecule has 1 aromatic heterocycles. The number of nitrogens with one attached hydrogen (secondary N) is 1. The molecule has 8 nitrogen and oxygen atoms in total. The molecule has 2 N–H and O–H groups in total. The number of aliphatic hydroxyl groups excluding tert-OH is 1.